The maximum Gasteiger partial charge on any atom is 0.254 e. The monoisotopic (exact) mass is 279 g/mol. The van der Waals surface area contributed by atoms with E-state index in [4.69, 9.17) is 0 Å². The summed E-state index contributed by atoms with van der Waals surface area (Å²) in [5.74, 6) is 0.0181. The fraction of sp³-hybridized carbons (Fsp3) is 0.176. The first-order valence-electron chi connectivity index (χ1n) is 6.91. The number of benzene rings is 1. The third kappa shape index (κ3) is 2.40. The predicted octanol–water partition coefficient (Wildman–Crippen LogP) is 3.40. The maximum absolute atomic E-state index is 12.8. The van der Waals surface area contributed by atoms with Crippen molar-refractivity contribution in [3.05, 3.63) is 66.1 Å². The van der Waals surface area contributed by atoms with Crippen LogP contribution in [-0.2, 0) is 0 Å². The second kappa shape index (κ2) is 5.40. The maximum atomic E-state index is 12.8. The summed E-state index contributed by atoms with van der Waals surface area (Å²) in [6, 6.07) is 11.5. The van der Waals surface area contributed by atoms with Gasteiger partial charge in [0.15, 0.2) is 0 Å². The van der Waals surface area contributed by atoms with Gasteiger partial charge in [-0.05, 0) is 42.8 Å². The van der Waals surface area contributed by atoms with Crippen LogP contribution in [0.5, 0.6) is 0 Å². The molecule has 21 heavy (non-hydrogen) atoms. The van der Waals surface area contributed by atoms with Crippen LogP contribution in [0.4, 0.5) is 0 Å². The highest BCUT2D eigenvalue weighted by Gasteiger charge is 2.20. The van der Waals surface area contributed by atoms with Crippen molar-refractivity contribution in [3.8, 4) is 0 Å². The van der Waals surface area contributed by atoms with Gasteiger partial charge < -0.3 is 9.88 Å². The average molecular weight is 279 g/mol. The number of amides is 1. The fourth-order valence-corrected chi connectivity index (χ4v) is 2.50. The van der Waals surface area contributed by atoms with E-state index in [0.29, 0.717) is 0 Å². The van der Waals surface area contributed by atoms with E-state index in [1.54, 1.807) is 17.3 Å². The van der Waals surface area contributed by atoms with Crippen LogP contribution in [0.15, 0.2) is 55.0 Å². The van der Waals surface area contributed by atoms with Crippen molar-refractivity contribution in [2.24, 2.45) is 0 Å². The van der Waals surface area contributed by atoms with Gasteiger partial charge in [0, 0.05) is 42.1 Å². The number of hydrogen-bond donors (Lipinski definition) is 1. The van der Waals surface area contributed by atoms with Gasteiger partial charge in [0.2, 0.25) is 0 Å². The first kappa shape index (κ1) is 13.4. The molecule has 0 bridgehead atoms. The fourth-order valence-electron chi connectivity index (χ4n) is 2.50. The standard InChI is InChI=1S/C17H17N3O/c1-12(13-6-9-18-10-7-13)20(2)17(21)15-4-3-5-16-14(15)8-11-19-16/h3-12,19H,1-2H3. The molecule has 0 fully saturated rings. The zero-order valence-electron chi connectivity index (χ0n) is 12.1. The zero-order valence-corrected chi connectivity index (χ0v) is 12.1. The Bertz CT molecular complexity index is 764. The molecule has 1 aromatic carbocycles. The number of aromatic amines is 1. The number of aromatic nitrogens is 2. The molecule has 1 N–H and O–H groups in total. The average Bonchev–Trinajstić information content (AvgIpc) is 3.02. The van der Waals surface area contributed by atoms with Crippen molar-refractivity contribution < 1.29 is 4.79 Å². The third-order valence-electron chi connectivity index (χ3n) is 3.92. The molecule has 0 saturated carbocycles. The number of fused-ring (bicyclic) bond motifs is 1. The lowest BCUT2D eigenvalue weighted by atomic mass is 10.1. The Morgan fingerprint density at radius 2 is 1.95 bits per heavy atom. The van der Waals surface area contributed by atoms with Gasteiger partial charge in [-0.2, -0.15) is 0 Å². The summed E-state index contributed by atoms with van der Waals surface area (Å²) < 4.78 is 0. The second-order valence-electron chi connectivity index (χ2n) is 5.12. The highest BCUT2D eigenvalue weighted by molar-refractivity contribution is 6.06. The van der Waals surface area contributed by atoms with Crippen molar-refractivity contribution in [2.75, 3.05) is 7.05 Å². The lowest BCUT2D eigenvalue weighted by Crippen LogP contribution is -2.29. The van der Waals surface area contributed by atoms with Crippen LogP contribution in [0.2, 0.25) is 0 Å². The van der Waals surface area contributed by atoms with Gasteiger partial charge in [-0.15, -0.1) is 0 Å². The molecule has 3 aromatic rings. The minimum Gasteiger partial charge on any atom is -0.361 e. The van der Waals surface area contributed by atoms with Gasteiger partial charge in [-0.1, -0.05) is 6.07 Å². The number of nitrogens with one attached hydrogen (secondary N) is 1. The Balaban J connectivity index is 1.93. The zero-order chi connectivity index (χ0) is 14.8. The molecule has 0 aliphatic heterocycles. The molecule has 0 radical (unpaired) electrons. The second-order valence-corrected chi connectivity index (χ2v) is 5.12. The normalized spacial score (nSPS) is 12.3. The molecule has 1 unspecified atom stereocenters. The van der Waals surface area contributed by atoms with E-state index in [1.807, 2.05) is 56.6 Å². The molecule has 0 spiro atoms. The van der Waals surface area contributed by atoms with E-state index in [0.717, 1.165) is 22.0 Å². The molecule has 0 aliphatic carbocycles. The Kier molecular flexibility index (Phi) is 3.44. The highest BCUT2D eigenvalue weighted by atomic mass is 16.2. The molecule has 2 aromatic heterocycles. The van der Waals surface area contributed by atoms with E-state index >= 15 is 0 Å². The van der Waals surface area contributed by atoms with Crippen molar-refractivity contribution >= 4 is 16.8 Å². The van der Waals surface area contributed by atoms with Gasteiger partial charge in [0.25, 0.3) is 5.91 Å². The number of nitrogens with zero attached hydrogens (tertiary/aromatic N) is 2. The van der Waals surface area contributed by atoms with Crippen molar-refractivity contribution in [1.29, 1.82) is 0 Å². The van der Waals surface area contributed by atoms with Gasteiger partial charge >= 0.3 is 0 Å². The van der Waals surface area contributed by atoms with Gasteiger partial charge in [-0.3, -0.25) is 9.78 Å². The van der Waals surface area contributed by atoms with E-state index in [1.165, 1.54) is 0 Å². The van der Waals surface area contributed by atoms with Crippen molar-refractivity contribution in [2.45, 2.75) is 13.0 Å². The lowest BCUT2D eigenvalue weighted by Gasteiger charge is -2.25. The van der Waals surface area contributed by atoms with Crippen molar-refractivity contribution in [3.63, 3.8) is 0 Å². The number of carbonyl (C=O) groups is 1. The van der Waals surface area contributed by atoms with Crippen LogP contribution < -0.4 is 0 Å². The summed E-state index contributed by atoms with van der Waals surface area (Å²) in [5, 5.41) is 0.955. The van der Waals surface area contributed by atoms with E-state index in [-0.39, 0.29) is 11.9 Å². The molecule has 0 saturated heterocycles. The van der Waals surface area contributed by atoms with Crippen LogP contribution in [0.25, 0.3) is 10.9 Å². The molecule has 3 rings (SSSR count). The molecular formula is C17H17N3O. The first-order chi connectivity index (χ1) is 10.2. The van der Waals surface area contributed by atoms with E-state index < -0.39 is 0 Å². The molecule has 2 heterocycles. The Hall–Kier alpha value is -2.62. The number of carbonyl (C=O) groups excluding carboxylic acids is 1. The molecule has 106 valence electrons. The van der Waals surface area contributed by atoms with E-state index in [9.17, 15) is 4.79 Å². The molecule has 4 nitrogen and oxygen atoms in total. The number of H-pyrrole nitrogens is 1. The predicted molar refractivity (Wildman–Crippen MR) is 83.0 cm³/mol. The topological polar surface area (TPSA) is 49.0 Å². The Morgan fingerprint density at radius 3 is 2.71 bits per heavy atom. The van der Waals surface area contributed by atoms with Gasteiger partial charge in [0.1, 0.15) is 0 Å². The van der Waals surface area contributed by atoms with Crippen molar-refractivity contribution in [1.82, 2.24) is 14.9 Å². The van der Waals surface area contributed by atoms with Crippen LogP contribution in [-0.4, -0.2) is 27.8 Å². The van der Waals surface area contributed by atoms with Gasteiger partial charge in [0.05, 0.1) is 6.04 Å². The summed E-state index contributed by atoms with van der Waals surface area (Å²) in [4.78, 5) is 21.7. The van der Waals surface area contributed by atoms with Crippen LogP contribution in [0, 0.1) is 0 Å². The Labute approximate surface area is 123 Å². The number of pyridine rings is 1. The molecule has 4 heteroatoms. The molecule has 1 amide bonds. The summed E-state index contributed by atoms with van der Waals surface area (Å²) >= 11 is 0. The molecular weight excluding hydrogens is 262 g/mol. The largest absolute Gasteiger partial charge is 0.361 e. The summed E-state index contributed by atoms with van der Waals surface area (Å²) in [6.45, 7) is 2.02. The molecule has 1 atom stereocenters. The van der Waals surface area contributed by atoms with Crippen LogP contribution in [0.3, 0.4) is 0 Å². The van der Waals surface area contributed by atoms with Gasteiger partial charge in [-0.25, -0.2) is 0 Å². The summed E-state index contributed by atoms with van der Waals surface area (Å²) in [6.07, 6.45) is 5.35. The van der Waals surface area contributed by atoms with Crippen LogP contribution >= 0.6 is 0 Å². The minimum absolute atomic E-state index is 0.00491. The quantitative estimate of drug-likeness (QED) is 0.799. The Morgan fingerprint density at radius 1 is 1.19 bits per heavy atom. The minimum atomic E-state index is -0.00491. The summed E-state index contributed by atoms with van der Waals surface area (Å²) in [5.41, 5.74) is 2.77. The smallest absolute Gasteiger partial charge is 0.254 e. The molecule has 0 aliphatic rings. The first-order valence-corrected chi connectivity index (χ1v) is 6.91. The third-order valence-corrected chi connectivity index (χ3v) is 3.92. The SMILES string of the molecule is CC(c1ccncc1)N(C)C(=O)c1cccc2[nH]ccc12. The summed E-state index contributed by atoms with van der Waals surface area (Å²) in [7, 11) is 1.83. The lowest BCUT2D eigenvalue weighted by molar-refractivity contribution is 0.0744. The highest BCUT2D eigenvalue weighted by Crippen LogP contribution is 2.23. The number of hydrogen-bond acceptors (Lipinski definition) is 2. The van der Waals surface area contributed by atoms with Crippen LogP contribution in [0.1, 0.15) is 28.9 Å². The van der Waals surface area contributed by atoms with E-state index in [2.05, 4.69) is 9.97 Å². The number of rotatable bonds is 3.